The van der Waals surface area contributed by atoms with Crippen LogP contribution in [0.3, 0.4) is 0 Å². The molecule has 1 aliphatic rings. The Labute approximate surface area is 223 Å². The molecule has 0 bridgehead atoms. The summed E-state index contributed by atoms with van der Waals surface area (Å²) in [7, 11) is 1.48. The number of amides is 1. The van der Waals surface area contributed by atoms with Gasteiger partial charge in [-0.3, -0.25) is 0 Å². The van der Waals surface area contributed by atoms with Crippen LogP contribution in [0.4, 0.5) is 15.1 Å². The van der Waals surface area contributed by atoms with Crippen molar-refractivity contribution in [3.63, 3.8) is 0 Å². The van der Waals surface area contributed by atoms with E-state index in [2.05, 4.69) is 21.5 Å². The molecule has 2 aromatic heterocycles. The largest absolute Gasteiger partial charge is 0.443 e. The van der Waals surface area contributed by atoms with Crippen LogP contribution in [-0.2, 0) is 14.2 Å². The Balaban J connectivity index is 2.04. The summed E-state index contributed by atoms with van der Waals surface area (Å²) in [6.07, 6.45) is -1.44. The maximum atomic E-state index is 16.2. The van der Waals surface area contributed by atoms with Crippen LogP contribution in [0.25, 0.3) is 11.2 Å². The second-order valence-electron chi connectivity index (χ2n) is 12.4. The molecule has 1 aliphatic carbocycles. The van der Waals surface area contributed by atoms with E-state index < -0.39 is 47.1 Å². The lowest BCUT2D eigenvalue weighted by Crippen LogP contribution is -2.38. The van der Waals surface area contributed by atoms with Crippen molar-refractivity contribution in [2.24, 2.45) is 5.92 Å². The fraction of sp³-hybridized carbons (Fsp3) is 0.692. The number of alkyl halides is 1. The van der Waals surface area contributed by atoms with Crippen LogP contribution < -0.4 is 4.90 Å². The molecule has 9 nitrogen and oxygen atoms in total. The van der Waals surface area contributed by atoms with Crippen molar-refractivity contribution in [1.82, 2.24) is 19.5 Å². The number of hydrogen-bond donors (Lipinski definition) is 0. The van der Waals surface area contributed by atoms with Crippen molar-refractivity contribution >= 4 is 34.8 Å². The number of halogens is 2. The van der Waals surface area contributed by atoms with Gasteiger partial charge in [-0.1, -0.05) is 18.2 Å². The van der Waals surface area contributed by atoms with E-state index >= 15 is 4.39 Å². The zero-order chi connectivity index (χ0) is 28.1. The van der Waals surface area contributed by atoms with Gasteiger partial charge in [-0.05, 0) is 67.9 Å². The number of carbonyl (C=O) groups is 1. The van der Waals surface area contributed by atoms with Crippen molar-refractivity contribution in [2.75, 3.05) is 18.6 Å². The lowest BCUT2D eigenvalue weighted by molar-refractivity contribution is -0.118. The molecular formula is C26H39ClFN5O4. The van der Waals surface area contributed by atoms with Gasteiger partial charge in [0.2, 0.25) is 5.95 Å². The van der Waals surface area contributed by atoms with Gasteiger partial charge in [-0.2, -0.15) is 9.97 Å². The van der Waals surface area contributed by atoms with E-state index in [-0.39, 0.29) is 28.9 Å². The van der Waals surface area contributed by atoms with Crippen LogP contribution in [0.5, 0.6) is 0 Å². The minimum Gasteiger partial charge on any atom is -0.443 e. The summed E-state index contributed by atoms with van der Waals surface area (Å²) >= 11 is 6.41. The van der Waals surface area contributed by atoms with Crippen LogP contribution in [0, 0.1) is 5.92 Å². The van der Waals surface area contributed by atoms with Gasteiger partial charge >= 0.3 is 6.09 Å². The molecule has 206 valence electrons. The van der Waals surface area contributed by atoms with Crippen LogP contribution in [0.15, 0.2) is 18.5 Å². The minimum atomic E-state index is -1.46. The molecule has 37 heavy (non-hydrogen) atoms. The molecule has 1 saturated carbocycles. The third-order valence-electron chi connectivity index (χ3n) is 5.69. The van der Waals surface area contributed by atoms with Gasteiger partial charge in [0.05, 0.1) is 30.2 Å². The smallest absolute Gasteiger partial charge is 0.416 e. The third kappa shape index (κ3) is 6.78. The topological polar surface area (TPSA) is 91.6 Å². The van der Waals surface area contributed by atoms with E-state index in [1.807, 2.05) is 41.5 Å². The maximum absolute atomic E-state index is 16.2. The van der Waals surface area contributed by atoms with Gasteiger partial charge < -0.3 is 18.8 Å². The molecule has 0 spiro atoms. The first kappa shape index (κ1) is 29.3. The van der Waals surface area contributed by atoms with Crippen molar-refractivity contribution in [3.8, 4) is 0 Å². The molecule has 2 heterocycles. The highest BCUT2D eigenvalue weighted by Crippen LogP contribution is 2.46. The van der Waals surface area contributed by atoms with E-state index in [1.165, 1.54) is 13.4 Å². The number of imidazole rings is 1. The summed E-state index contributed by atoms with van der Waals surface area (Å²) in [5, 5.41) is 0.0308. The summed E-state index contributed by atoms with van der Waals surface area (Å²) in [4.78, 5) is 26.8. The fourth-order valence-electron chi connectivity index (χ4n) is 4.10. The highest BCUT2D eigenvalue weighted by molar-refractivity contribution is 6.33. The molecule has 1 amide bonds. The van der Waals surface area contributed by atoms with Gasteiger partial charge in [-0.25, -0.2) is 19.1 Å². The highest BCUT2D eigenvalue weighted by atomic mass is 35.5. The van der Waals surface area contributed by atoms with Crippen molar-refractivity contribution in [3.05, 3.63) is 23.6 Å². The summed E-state index contributed by atoms with van der Waals surface area (Å²) in [5.74, 6) is -0.403. The molecule has 0 radical (unpaired) electrons. The molecule has 11 heteroatoms. The molecule has 2 aromatic rings. The molecule has 3 rings (SSSR count). The molecule has 0 aromatic carbocycles. The molecule has 0 unspecified atom stereocenters. The SMILES string of the molecule is C=C1[C@@H](n2cnc3c(Cl)nc(N(C)C(=O)OC(C)(C)C)nc32)[C@@H](F)[C@H](OC(C)(C)C)[C@H]1COC(C)(C)C. The molecule has 1 fully saturated rings. The maximum Gasteiger partial charge on any atom is 0.416 e. The van der Waals surface area contributed by atoms with Gasteiger partial charge in [0, 0.05) is 13.0 Å². The van der Waals surface area contributed by atoms with Crippen LogP contribution >= 0.6 is 11.6 Å². The second-order valence-corrected chi connectivity index (χ2v) is 12.7. The Morgan fingerprint density at radius 3 is 2.27 bits per heavy atom. The van der Waals surface area contributed by atoms with Crippen molar-refractivity contribution in [2.45, 2.75) is 97.4 Å². The molecule has 0 aliphatic heterocycles. The highest BCUT2D eigenvalue weighted by Gasteiger charge is 2.50. The predicted molar refractivity (Wildman–Crippen MR) is 142 cm³/mol. The summed E-state index contributed by atoms with van der Waals surface area (Å²) in [6, 6.07) is -0.837. The Morgan fingerprint density at radius 2 is 1.73 bits per heavy atom. The quantitative estimate of drug-likeness (QED) is 0.344. The number of carbonyl (C=O) groups excluding carboxylic acids is 1. The number of rotatable bonds is 5. The first-order chi connectivity index (χ1) is 16.8. The lowest BCUT2D eigenvalue weighted by atomic mass is 10.0. The van der Waals surface area contributed by atoms with Gasteiger partial charge in [0.1, 0.15) is 17.2 Å². The van der Waals surface area contributed by atoms with E-state index in [0.717, 1.165) is 4.90 Å². The number of hydrogen-bond acceptors (Lipinski definition) is 7. The zero-order valence-electron chi connectivity index (χ0n) is 23.4. The number of nitrogens with zero attached hydrogens (tertiary/aromatic N) is 5. The average Bonchev–Trinajstić information content (AvgIpc) is 3.22. The van der Waals surface area contributed by atoms with Crippen molar-refractivity contribution < 1.29 is 23.4 Å². The molecule has 0 saturated heterocycles. The van der Waals surface area contributed by atoms with Gasteiger partial charge in [0.25, 0.3) is 0 Å². The molecule has 4 atom stereocenters. The first-order valence-corrected chi connectivity index (χ1v) is 12.7. The van der Waals surface area contributed by atoms with Gasteiger partial charge in [0.15, 0.2) is 17.0 Å². The third-order valence-corrected chi connectivity index (χ3v) is 5.95. The summed E-state index contributed by atoms with van der Waals surface area (Å²) in [6.45, 7) is 21.3. The molecular weight excluding hydrogens is 501 g/mol. The Hall–Kier alpha value is -2.30. The summed E-state index contributed by atoms with van der Waals surface area (Å²) in [5.41, 5.74) is -0.564. The van der Waals surface area contributed by atoms with E-state index in [1.54, 1.807) is 25.3 Å². The normalized spacial score (nSPS) is 23.1. The lowest BCUT2D eigenvalue weighted by Gasteiger charge is -2.31. The van der Waals surface area contributed by atoms with Gasteiger partial charge in [-0.15, -0.1) is 0 Å². The zero-order valence-corrected chi connectivity index (χ0v) is 24.2. The number of aromatic nitrogens is 4. The Bertz CT molecular complexity index is 1160. The van der Waals surface area contributed by atoms with Crippen LogP contribution in [0.2, 0.25) is 5.15 Å². The standard InChI is InChI=1S/C26H39ClFN5O4/c1-14-15(12-35-24(2,3)4)19(36-25(5,6)7)16(28)18(14)33-13-29-17-20(27)30-22(31-21(17)33)32(11)23(34)37-26(8,9)10/h13,15-16,18-19H,1,12H2,2-11H3/t15-,16+,18+,19+/m0/s1. The van der Waals surface area contributed by atoms with E-state index in [0.29, 0.717) is 5.57 Å². The molecule has 0 N–H and O–H groups in total. The Morgan fingerprint density at radius 1 is 1.11 bits per heavy atom. The number of anilines is 1. The van der Waals surface area contributed by atoms with E-state index in [4.69, 9.17) is 25.8 Å². The first-order valence-electron chi connectivity index (χ1n) is 12.3. The number of fused-ring (bicyclic) bond motifs is 1. The van der Waals surface area contributed by atoms with Crippen LogP contribution in [0.1, 0.15) is 68.4 Å². The Kier molecular flexibility index (Phi) is 8.00. The van der Waals surface area contributed by atoms with Crippen LogP contribution in [-0.4, -0.2) is 68.3 Å². The monoisotopic (exact) mass is 539 g/mol. The fourth-order valence-corrected chi connectivity index (χ4v) is 4.31. The predicted octanol–water partition coefficient (Wildman–Crippen LogP) is 5.92. The minimum absolute atomic E-state index is 0.00243. The average molecular weight is 540 g/mol. The number of ether oxygens (including phenoxy) is 3. The second kappa shape index (κ2) is 10.1. The van der Waals surface area contributed by atoms with Crippen molar-refractivity contribution in [1.29, 1.82) is 0 Å². The summed E-state index contributed by atoms with van der Waals surface area (Å²) < 4.78 is 35.4. The van der Waals surface area contributed by atoms with E-state index in [9.17, 15) is 4.79 Å².